The van der Waals surface area contributed by atoms with Crippen molar-refractivity contribution in [2.45, 2.75) is 64.5 Å². The molecule has 190 valence electrons. The number of hydrogen-bond acceptors (Lipinski definition) is 6. The number of nitrogens with zero attached hydrogens (tertiary/aromatic N) is 2. The Balaban J connectivity index is 1.38. The van der Waals surface area contributed by atoms with Gasteiger partial charge < -0.3 is 14.4 Å². The molecule has 0 aromatic heterocycles. The van der Waals surface area contributed by atoms with Gasteiger partial charge in [-0.25, -0.2) is 4.39 Å². The number of hydrogen-bond donors (Lipinski definition) is 1. The van der Waals surface area contributed by atoms with Crippen LogP contribution in [0, 0.1) is 5.82 Å². The van der Waals surface area contributed by atoms with Crippen LogP contribution < -0.4 is 10.1 Å². The fourth-order valence-electron chi connectivity index (χ4n) is 4.67. The lowest BCUT2D eigenvalue weighted by Gasteiger charge is -2.35. The summed E-state index contributed by atoms with van der Waals surface area (Å²) in [6.45, 7) is 1.46. The van der Waals surface area contributed by atoms with Gasteiger partial charge in [-0.3, -0.25) is 24.6 Å². The highest BCUT2D eigenvalue weighted by Gasteiger charge is 2.40. The highest BCUT2D eigenvalue weighted by molar-refractivity contribution is 6.05. The van der Waals surface area contributed by atoms with Crippen LogP contribution in [-0.4, -0.2) is 58.9 Å². The van der Waals surface area contributed by atoms with Crippen molar-refractivity contribution in [3.8, 4) is 5.75 Å². The van der Waals surface area contributed by atoms with E-state index < -0.39 is 48.8 Å². The molecule has 3 amide bonds. The molecular weight excluding hydrogens is 465 g/mol. The molecule has 36 heavy (non-hydrogen) atoms. The van der Waals surface area contributed by atoms with Crippen molar-refractivity contribution in [2.75, 3.05) is 13.1 Å². The van der Waals surface area contributed by atoms with Crippen molar-refractivity contribution in [2.24, 2.45) is 0 Å². The summed E-state index contributed by atoms with van der Waals surface area (Å²) in [5.41, 5.74) is 0.291. The van der Waals surface area contributed by atoms with E-state index in [-0.39, 0.29) is 66.5 Å². The molecule has 2 fully saturated rings. The molecule has 9 heteroatoms. The van der Waals surface area contributed by atoms with Gasteiger partial charge in [-0.05, 0) is 32.4 Å². The van der Waals surface area contributed by atoms with Gasteiger partial charge in [0.15, 0.2) is 0 Å². The Morgan fingerprint density at radius 1 is 1.14 bits per heavy atom. The van der Waals surface area contributed by atoms with Crippen LogP contribution in [0.25, 0.3) is 0 Å². The van der Waals surface area contributed by atoms with Gasteiger partial charge in [0.05, 0.1) is 18.8 Å². The van der Waals surface area contributed by atoms with E-state index in [1.807, 2.05) is 19.2 Å². The Hall–Kier alpha value is -3.30. The lowest BCUT2D eigenvalue weighted by Crippen LogP contribution is -2.52. The Morgan fingerprint density at radius 2 is 1.86 bits per heavy atom. The van der Waals surface area contributed by atoms with Gasteiger partial charge in [0, 0.05) is 56.4 Å². The molecule has 0 saturated carbocycles. The quantitative estimate of drug-likeness (QED) is 0.613. The van der Waals surface area contributed by atoms with Gasteiger partial charge in [-0.1, -0.05) is 24.3 Å². The standard InChI is InChI=1S/C27H30FN3O5/c1-16-11-30(12-17(2)36-16)13-18-5-3-6-19(25(18)28)15-35-23-8-4-7-20-21(23)14-31(27(20)34)22-9-10-24(32)29-26(22)33/h3-8,16-17,22H,9-15H2,1-2H3,(H,29,32,33)/i9D2,10D2,13D2. The number of amides is 3. The molecule has 3 aliphatic rings. The van der Waals surface area contributed by atoms with Crippen LogP contribution >= 0.6 is 0 Å². The molecule has 5 rings (SSSR count). The van der Waals surface area contributed by atoms with E-state index >= 15 is 4.39 Å². The number of rotatable bonds is 6. The zero-order valence-corrected chi connectivity index (χ0v) is 19.8. The fourth-order valence-corrected chi connectivity index (χ4v) is 4.67. The number of nitrogens with one attached hydrogen (secondary N) is 1. The topological polar surface area (TPSA) is 88.2 Å². The number of morpholine rings is 1. The first-order valence-corrected chi connectivity index (χ1v) is 11.7. The second-order valence-corrected chi connectivity index (χ2v) is 9.05. The lowest BCUT2D eigenvalue weighted by molar-refractivity contribution is -0.136. The van der Waals surface area contributed by atoms with E-state index in [2.05, 4.69) is 0 Å². The molecule has 2 saturated heterocycles. The van der Waals surface area contributed by atoms with Crippen molar-refractivity contribution in [3.63, 3.8) is 0 Å². The second-order valence-electron chi connectivity index (χ2n) is 9.05. The summed E-state index contributed by atoms with van der Waals surface area (Å²) < 4.78 is 77.0. The molecule has 3 aliphatic heterocycles. The number of fused-ring (bicyclic) bond motifs is 1. The van der Waals surface area contributed by atoms with Crippen LogP contribution in [-0.2, 0) is 34.0 Å². The van der Waals surface area contributed by atoms with E-state index in [1.54, 1.807) is 0 Å². The SMILES string of the molecule is [2H]C([2H])(c1cccc(COc2cccc3c2CN(C2C(=O)NC(=O)C([2H])([2H])C2([2H])[2H])C3=O)c1F)N1CC(C)OC(C)C1. The largest absolute Gasteiger partial charge is 0.488 e. The Labute approximate surface area is 217 Å². The second kappa shape index (κ2) is 9.99. The van der Waals surface area contributed by atoms with Gasteiger partial charge >= 0.3 is 0 Å². The molecule has 0 spiro atoms. The summed E-state index contributed by atoms with van der Waals surface area (Å²) in [5, 5.41) is 1.81. The summed E-state index contributed by atoms with van der Waals surface area (Å²) in [6, 6.07) is 6.90. The summed E-state index contributed by atoms with van der Waals surface area (Å²) >= 11 is 0. The molecule has 0 radical (unpaired) electrons. The van der Waals surface area contributed by atoms with Gasteiger partial charge in [0.2, 0.25) is 11.8 Å². The van der Waals surface area contributed by atoms with Crippen molar-refractivity contribution >= 4 is 17.7 Å². The minimum absolute atomic E-state index is 0.0687. The zero-order valence-electron chi connectivity index (χ0n) is 25.8. The predicted octanol–water partition coefficient (Wildman–Crippen LogP) is 2.77. The van der Waals surface area contributed by atoms with E-state index in [0.29, 0.717) is 0 Å². The molecule has 3 unspecified atom stereocenters. The van der Waals surface area contributed by atoms with Crippen LogP contribution in [0.2, 0.25) is 0 Å². The zero-order chi connectivity index (χ0) is 30.8. The van der Waals surface area contributed by atoms with E-state index in [9.17, 15) is 14.4 Å². The molecule has 8 nitrogen and oxygen atoms in total. The third-order valence-electron chi connectivity index (χ3n) is 6.23. The summed E-state index contributed by atoms with van der Waals surface area (Å²) in [5.74, 6) is -3.93. The average Bonchev–Trinajstić information content (AvgIpc) is 3.22. The monoisotopic (exact) mass is 501 g/mol. The first kappa shape index (κ1) is 18.0. The molecular formula is C27H30FN3O5. The number of imide groups is 1. The maximum atomic E-state index is 15.7. The molecule has 3 heterocycles. The summed E-state index contributed by atoms with van der Waals surface area (Å²) in [6.07, 6.45) is -6.56. The number of carbonyl (C=O) groups is 3. The van der Waals surface area contributed by atoms with E-state index in [1.165, 1.54) is 41.3 Å². The van der Waals surface area contributed by atoms with Crippen molar-refractivity contribution in [1.82, 2.24) is 15.1 Å². The smallest absolute Gasteiger partial charge is 0.255 e. The Morgan fingerprint density at radius 3 is 2.64 bits per heavy atom. The molecule has 1 N–H and O–H groups in total. The van der Waals surface area contributed by atoms with Crippen LogP contribution in [0.3, 0.4) is 0 Å². The van der Waals surface area contributed by atoms with Gasteiger partial charge in [-0.15, -0.1) is 0 Å². The van der Waals surface area contributed by atoms with Crippen molar-refractivity contribution in [3.05, 3.63) is 64.5 Å². The third-order valence-corrected chi connectivity index (χ3v) is 6.23. The first-order valence-electron chi connectivity index (χ1n) is 14.7. The normalized spacial score (nSPS) is 30.2. The number of benzene rings is 2. The fraction of sp³-hybridized carbons (Fsp3) is 0.444. The number of piperidine rings is 1. The summed E-state index contributed by atoms with van der Waals surface area (Å²) in [4.78, 5) is 40.3. The Kier molecular flexibility index (Phi) is 5.00. The number of halogens is 1. The average molecular weight is 502 g/mol. The molecule has 0 aliphatic carbocycles. The minimum Gasteiger partial charge on any atom is -0.488 e. The molecule has 2 aromatic rings. The predicted molar refractivity (Wildman–Crippen MR) is 129 cm³/mol. The molecule has 2 aromatic carbocycles. The van der Waals surface area contributed by atoms with Gasteiger partial charge in [0.1, 0.15) is 24.2 Å². The highest BCUT2D eigenvalue weighted by Crippen LogP contribution is 2.34. The van der Waals surface area contributed by atoms with Crippen molar-refractivity contribution < 1.29 is 36.5 Å². The van der Waals surface area contributed by atoms with Crippen LogP contribution in [0.1, 0.15) is 61.9 Å². The number of carbonyl (C=O) groups excluding carboxylic acids is 3. The van der Waals surface area contributed by atoms with E-state index in [0.717, 1.165) is 4.90 Å². The van der Waals surface area contributed by atoms with Crippen LogP contribution in [0.5, 0.6) is 5.75 Å². The van der Waals surface area contributed by atoms with Crippen LogP contribution in [0.4, 0.5) is 4.39 Å². The van der Waals surface area contributed by atoms with Gasteiger partial charge in [0.25, 0.3) is 5.91 Å². The van der Waals surface area contributed by atoms with Crippen molar-refractivity contribution in [1.29, 1.82) is 0 Å². The van der Waals surface area contributed by atoms with E-state index in [4.69, 9.17) is 17.7 Å². The van der Waals surface area contributed by atoms with Crippen LogP contribution in [0.15, 0.2) is 36.4 Å². The summed E-state index contributed by atoms with van der Waals surface area (Å²) in [7, 11) is 0. The lowest BCUT2D eigenvalue weighted by atomic mass is 10.0. The Bertz CT molecular complexity index is 1450. The number of ether oxygens (including phenoxy) is 2. The molecule has 3 atom stereocenters. The molecule has 0 bridgehead atoms. The maximum absolute atomic E-state index is 15.7. The third kappa shape index (κ3) is 4.85. The van der Waals surface area contributed by atoms with Gasteiger partial charge in [-0.2, -0.15) is 0 Å². The highest BCUT2D eigenvalue weighted by atomic mass is 19.1. The maximum Gasteiger partial charge on any atom is 0.255 e. The minimum atomic E-state index is -3.08. The first-order chi connectivity index (χ1) is 19.6.